The fourth-order valence-electron chi connectivity index (χ4n) is 2.60. The van der Waals surface area contributed by atoms with Crippen LogP contribution in [-0.4, -0.2) is 13.0 Å². The van der Waals surface area contributed by atoms with Gasteiger partial charge in [0.1, 0.15) is 5.75 Å². The van der Waals surface area contributed by atoms with Crippen LogP contribution in [0.25, 0.3) is 0 Å². The molecule has 0 aliphatic rings. The molecule has 0 fully saturated rings. The van der Waals surface area contributed by atoms with Crippen LogP contribution in [0.4, 0.5) is 0 Å². The molecule has 1 aromatic heterocycles. The second-order valence-corrected chi connectivity index (χ2v) is 6.67. The van der Waals surface area contributed by atoms with Crippen LogP contribution in [0.1, 0.15) is 21.6 Å². The molecule has 0 aliphatic heterocycles. The minimum Gasteiger partial charge on any atom is -0.496 e. The Hall–Kier alpha value is -1.52. The summed E-state index contributed by atoms with van der Waals surface area (Å²) >= 11 is 8.21. The number of ether oxygens (including phenoxy) is 1. The van der Waals surface area contributed by atoms with Gasteiger partial charge in [0.2, 0.25) is 5.91 Å². The zero-order valence-electron chi connectivity index (χ0n) is 12.3. The van der Waals surface area contributed by atoms with Crippen molar-refractivity contribution in [1.82, 2.24) is 0 Å². The fourth-order valence-corrected chi connectivity index (χ4v) is 4.03. The van der Waals surface area contributed by atoms with Gasteiger partial charge >= 0.3 is 0 Å². The third kappa shape index (κ3) is 2.92. The zero-order chi connectivity index (χ0) is 15.6. The van der Waals surface area contributed by atoms with Gasteiger partial charge in [-0.3, -0.25) is 4.79 Å². The maximum atomic E-state index is 12.1. The van der Waals surface area contributed by atoms with E-state index in [0.717, 1.165) is 27.3 Å². The molecule has 0 bridgehead atoms. The Morgan fingerprint density at radius 3 is 2.48 bits per heavy atom. The molecular weight excluding hydrogens is 306 g/mol. The average molecular weight is 324 g/mol. The molecule has 0 saturated heterocycles. The van der Waals surface area contributed by atoms with Crippen LogP contribution in [0.3, 0.4) is 0 Å². The van der Waals surface area contributed by atoms with Gasteiger partial charge in [-0.15, -0.1) is 22.9 Å². The summed E-state index contributed by atoms with van der Waals surface area (Å²) in [5, 5.41) is 1.91. The van der Waals surface area contributed by atoms with Crippen LogP contribution in [0, 0.1) is 13.8 Å². The maximum Gasteiger partial charge on any atom is 0.243 e. The number of primary amides is 1. The van der Waals surface area contributed by atoms with Gasteiger partial charge in [-0.05, 0) is 42.0 Å². The first-order chi connectivity index (χ1) is 9.90. The predicted octanol–water partition coefficient (Wildman–Crippen LogP) is 3.54. The second-order valence-electron chi connectivity index (χ2n) is 5.02. The molecule has 2 rings (SSSR count). The first-order valence-electron chi connectivity index (χ1n) is 6.56. The van der Waals surface area contributed by atoms with Crippen molar-refractivity contribution < 1.29 is 9.53 Å². The van der Waals surface area contributed by atoms with E-state index in [9.17, 15) is 4.79 Å². The number of halogens is 1. The number of alkyl halides is 1. The van der Waals surface area contributed by atoms with Crippen molar-refractivity contribution in [2.24, 2.45) is 5.73 Å². The van der Waals surface area contributed by atoms with Crippen LogP contribution < -0.4 is 10.5 Å². The van der Waals surface area contributed by atoms with E-state index < -0.39 is 10.8 Å². The summed E-state index contributed by atoms with van der Waals surface area (Å²) in [4.78, 5) is 11.7. The normalized spacial score (nSPS) is 13.7. The molecule has 1 unspecified atom stereocenters. The Kier molecular flexibility index (Phi) is 4.59. The van der Waals surface area contributed by atoms with Gasteiger partial charge in [-0.2, -0.15) is 0 Å². The lowest BCUT2D eigenvalue weighted by molar-refractivity contribution is -0.120. The molecule has 112 valence electrons. The molecule has 21 heavy (non-hydrogen) atoms. The van der Waals surface area contributed by atoms with Crippen molar-refractivity contribution in [3.63, 3.8) is 0 Å². The maximum absolute atomic E-state index is 12.1. The number of nitrogens with two attached hydrogens (primary N) is 1. The van der Waals surface area contributed by atoms with Crippen LogP contribution in [0.2, 0.25) is 0 Å². The summed E-state index contributed by atoms with van der Waals surface area (Å²) < 4.78 is 5.31. The zero-order valence-corrected chi connectivity index (χ0v) is 13.8. The summed E-state index contributed by atoms with van der Waals surface area (Å²) in [6.07, 6.45) is 0.316. The minimum atomic E-state index is -1.27. The van der Waals surface area contributed by atoms with Gasteiger partial charge in [-0.25, -0.2) is 0 Å². The van der Waals surface area contributed by atoms with Crippen molar-refractivity contribution in [2.75, 3.05) is 7.11 Å². The van der Waals surface area contributed by atoms with Crippen molar-refractivity contribution in [3.8, 4) is 5.75 Å². The third-order valence-electron chi connectivity index (χ3n) is 3.60. The number of aryl methyl sites for hydroxylation is 2. The molecule has 5 heteroatoms. The molecule has 0 radical (unpaired) electrons. The predicted molar refractivity (Wildman–Crippen MR) is 87.2 cm³/mol. The summed E-state index contributed by atoms with van der Waals surface area (Å²) in [6.45, 7) is 3.88. The molecule has 1 amide bonds. The molecule has 0 aliphatic carbocycles. The van der Waals surface area contributed by atoms with E-state index in [-0.39, 0.29) is 0 Å². The van der Waals surface area contributed by atoms with Crippen molar-refractivity contribution >= 4 is 28.8 Å². The number of amides is 1. The first-order valence-corrected chi connectivity index (χ1v) is 7.81. The van der Waals surface area contributed by atoms with Crippen LogP contribution >= 0.6 is 22.9 Å². The van der Waals surface area contributed by atoms with E-state index in [2.05, 4.69) is 0 Å². The lowest BCUT2D eigenvalue weighted by Gasteiger charge is -2.27. The smallest absolute Gasteiger partial charge is 0.243 e. The van der Waals surface area contributed by atoms with Gasteiger partial charge in [-0.1, -0.05) is 18.2 Å². The van der Waals surface area contributed by atoms with E-state index in [4.69, 9.17) is 22.1 Å². The largest absolute Gasteiger partial charge is 0.496 e. The van der Waals surface area contributed by atoms with Crippen molar-refractivity contribution in [3.05, 3.63) is 51.2 Å². The molecular formula is C16H18ClNO2S. The molecule has 2 N–H and O–H groups in total. The van der Waals surface area contributed by atoms with E-state index in [0.29, 0.717) is 6.42 Å². The van der Waals surface area contributed by atoms with Gasteiger partial charge in [0.15, 0.2) is 4.87 Å². The highest BCUT2D eigenvalue weighted by molar-refractivity contribution is 7.10. The van der Waals surface area contributed by atoms with Gasteiger partial charge in [0.05, 0.1) is 7.11 Å². The second kappa shape index (κ2) is 6.08. The number of rotatable bonds is 5. The quantitative estimate of drug-likeness (QED) is 0.856. The summed E-state index contributed by atoms with van der Waals surface area (Å²) in [5.74, 6) is 0.189. The van der Waals surface area contributed by atoms with Crippen molar-refractivity contribution in [2.45, 2.75) is 25.1 Å². The Balaban J connectivity index is 2.54. The van der Waals surface area contributed by atoms with Crippen LogP contribution in [0.5, 0.6) is 5.75 Å². The topological polar surface area (TPSA) is 52.3 Å². The molecule has 0 saturated carbocycles. The number of hydrogen-bond acceptors (Lipinski definition) is 3. The number of benzene rings is 1. The highest BCUT2D eigenvalue weighted by atomic mass is 35.5. The first kappa shape index (κ1) is 15.9. The fraction of sp³-hybridized carbons (Fsp3) is 0.312. The summed E-state index contributed by atoms with van der Waals surface area (Å²) in [7, 11) is 1.60. The SMILES string of the molecule is COc1ccsc1CC(Cl)(C(N)=O)c1c(C)cccc1C. The number of thiophene rings is 1. The Morgan fingerprint density at radius 2 is 1.95 bits per heavy atom. The molecule has 1 heterocycles. The average Bonchev–Trinajstić information content (AvgIpc) is 2.85. The third-order valence-corrected chi connectivity index (χ3v) is 5.01. The van der Waals surface area contributed by atoms with E-state index in [1.54, 1.807) is 7.11 Å². The molecule has 3 nitrogen and oxygen atoms in total. The van der Waals surface area contributed by atoms with Gasteiger partial charge in [0, 0.05) is 11.3 Å². The van der Waals surface area contributed by atoms with Gasteiger partial charge in [0.25, 0.3) is 0 Å². The Morgan fingerprint density at radius 1 is 1.33 bits per heavy atom. The van der Waals surface area contributed by atoms with E-state index in [1.807, 2.05) is 43.5 Å². The van der Waals surface area contributed by atoms with Crippen LogP contribution in [-0.2, 0) is 16.1 Å². The molecule has 1 atom stereocenters. The summed E-state index contributed by atoms with van der Waals surface area (Å²) in [6, 6.07) is 7.68. The highest BCUT2D eigenvalue weighted by Crippen LogP contribution is 2.40. The number of methoxy groups -OCH3 is 1. The van der Waals surface area contributed by atoms with E-state index >= 15 is 0 Å². The molecule has 0 spiro atoms. The summed E-state index contributed by atoms with van der Waals surface area (Å²) in [5.41, 5.74) is 8.34. The number of hydrogen-bond donors (Lipinski definition) is 1. The number of carbonyl (C=O) groups is 1. The monoisotopic (exact) mass is 323 g/mol. The standard InChI is InChI=1S/C16H18ClNO2S/c1-10-5-4-6-11(2)14(10)16(17,15(18)19)9-13-12(20-3)7-8-21-13/h4-8H,9H2,1-3H3,(H2,18,19). The lowest BCUT2D eigenvalue weighted by Crippen LogP contribution is -2.39. The van der Waals surface area contributed by atoms with Crippen LogP contribution in [0.15, 0.2) is 29.6 Å². The number of carbonyl (C=O) groups excluding carboxylic acids is 1. The molecule has 2 aromatic rings. The lowest BCUT2D eigenvalue weighted by atomic mass is 9.86. The van der Waals surface area contributed by atoms with Gasteiger partial charge < -0.3 is 10.5 Å². The Bertz CT molecular complexity index is 648. The van der Waals surface area contributed by atoms with Crippen molar-refractivity contribution in [1.29, 1.82) is 0 Å². The Labute approximate surface area is 133 Å². The highest BCUT2D eigenvalue weighted by Gasteiger charge is 2.40. The van der Waals surface area contributed by atoms with E-state index in [1.165, 1.54) is 11.3 Å². The minimum absolute atomic E-state index is 0.316. The molecule has 1 aromatic carbocycles.